The largest absolute Gasteiger partial charge is 0.454 e. The minimum absolute atomic E-state index is 0.0136. The van der Waals surface area contributed by atoms with Crippen molar-refractivity contribution in [2.75, 3.05) is 18.2 Å². The van der Waals surface area contributed by atoms with Gasteiger partial charge in [-0.15, -0.1) is 0 Å². The topological polar surface area (TPSA) is 73.2 Å². The quantitative estimate of drug-likeness (QED) is 0.454. The third kappa shape index (κ3) is 4.46. The van der Waals surface area contributed by atoms with E-state index in [1.54, 1.807) is 11.8 Å². The highest BCUT2D eigenvalue weighted by Crippen LogP contribution is 2.20. The Hall–Kier alpha value is -3.32. The highest BCUT2D eigenvalue weighted by molar-refractivity contribution is 7.97. The van der Waals surface area contributed by atoms with Crippen LogP contribution in [0.2, 0.25) is 0 Å². The molecule has 0 spiro atoms. The molecule has 0 fully saturated rings. The van der Waals surface area contributed by atoms with Gasteiger partial charge in [0.1, 0.15) is 12.4 Å². The van der Waals surface area contributed by atoms with Crippen molar-refractivity contribution in [3.8, 4) is 0 Å². The van der Waals surface area contributed by atoms with Gasteiger partial charge < -0.3 is 14.6 Å². The summed E-state index contributed by atoms with van der Waals surface area (Å²) in [4.78, 5) is 29.2. The summed E-state index contributed by atoms with van der Waals surface area (Å²) in [5.74, 6) is 0.638. The van der Waals surface area contributed by atoms with Gasteiger partial charge in [-0.3, -0.25) is 9.59 Å². The molecular formula is C23H21N3O3S. The maximum atomic E-state index is 12.4. The zero-order chi connectivity index (χ0) is 20.9. The summed E-state index contributed by atoms with van der Waals surface area (Å²) < 4.78 is 7.06. The van der Waals surface area contributed by atoms with Crippen molar-refractivity contribution < 1.29 is 14.3 Å². The molecule has 1 amide bonds. The van der Waals surface area contributed by atoms with Crippen molar-refractivity contribution in [3.05, 3.63) is 72.6 Å². The summed E-state index contributed by atoms with van der Waals surface area (Å²) in [5, 5.41) is 4.89. The molecule has 0 aliphatic heterocycles. The first kappa shape index (κ1) is 20.0. The van der Waals surface area contributed by atoms with E-state index in [9.17, 15) is 9.59 Å². The van der Waals surface area contributed by atoms with Crippen molar-refractivity contribution in [1.82, 2.24) is 9.55 Å². The van der Waals surface area contributed by atoms with Crippen LogP contribution in [0.4, 0.5) is 5.69 Å². The second-order valence-electron chi connectivity index (χ2n) is 6.81. The predicted molar refractivity (Wildman–Crippen MR) is 120 cm³/mol. The van der Waals surface area contributed by atoms with Crippen molar-refractivity contribution in [2.45, 2.75) is 12.3 Å². The van der Waals surface area contributed by atoms with E-state index in [4.69, 9.17) is 4.74 Å². The maximum absolute atomic E-state index is 12.4. The Labute approximate surface area is 178 Å². The van der Waals surface area contributed by atoms with E-state index in [1.807, 2.05) is 77.6 Å². The smallest absolute Gasteiger partial charge is 0.326 e. The van der Waals surface area contributed by atoms with Crippen LogP contribution in [0.15, 0.2) is 66.7 Å². The molecule has 0 saturated carbocycles. The number of imidazole rings is 1. The monoisotopic (exact) mass is 419 g/mol. The number of anilines is 1. The highest BCUT2D eigenvalue weighted by Gasteiger charge is 2.15. The average molecular weight is 420 g/mol. The maximum Gasteiger partial charge on any atom is 0.326 e. The second-order valence-corrected chi connectivity index (χ2v) is 7.67. The van der Waals surface area contributed by atoms with Crippen molar-refractivity contribution in [3.63, 3.8) is 0 Å². The van der Waals surface area contributed by atoms with Crippen molar-refractivity contribution in [1.29, 1.82) is 0 Å². The van der Waals surface area contributed by atoms with E-state index in [-0.39, 0.29) is 19.1 Å². The molecule has 30 heavy (non-hydrogen) atoms. The third-order valence-corrected chi connectivity index (χ3v) is 5.24. The first-order valence-corrected chi connectivity index (χ1v) is 10.9. The number of nitrogens with zero attached hydrogens (tertiary/aromatic N) is 2. The standard InChI is InChI=1S/C23H21N3O3S/c1-30-15-21-25-19-8-4-5-9-20(19)26(21)13-23(28)29-14-22(27)24-18-11-10-16-6-2-3-7-17(16)12-18/h2-12H,13-15H2,1H3,(H,24,27). The summed E-state index contributed by atoms with van der Waals surface area (Å²) in [6.07, 6.45) is 1.99. The van der Waals surface area contributed by atoms with Gasteiger partial charge in [-0.2, -0.15) is 11.8 Å². The van der Waals surface area contributed by atoms with Crippen LogP contribution >= 0.6 is 11.8 Å². The number of aromatic nitrogens is 2. The summed E-state index contributed by atoms with van der Waals surface area (Å²) in [6.45, 7) is -0.324. The molecule has 0 unspecified atom stereocenters. The number of fused-ring (bicyclic) bond motifs is 2. The van der Waals surface area contributed by atoms with Gasteiger partial charge in [0.15, 0.2) is 6.61 Å². The first-order chi connectivity index (χ1) is 14.6. The fourth-order valence-electron chi connectivity index (χ4n) is 3.33. The number of thioether (sulfide) groups is 1. The lowest BCUT2D eigenvalue weighted by Gasteiger charge is -2.10. The van der Waals surface area contributed by atoms with E-state index in [0.29, 0.717) is 11.4 Å². The number of carbonyl (C=O) groups excluding carboxylic acids is 2. The van der Waals surface area contributed by atoms with Gasteiger partial charge >= 0.3 is 5.97 Å². The Morgan fingerprint density at radius 2 is 1.80 bits per heavy atom. The molecule has 0 saturated heterocycles. The number of nitrogens with one attached hydrogen (secondary N) is 1. The number of carbonyl (C=O) groups is 2. The van der Waals surface area contributed by atoms with Gasteiger partial charge in [-0.05, 0) is 41.3 Å². The molecule has 1 N–H and O–H groups in total. The molecule has 1 heterocycles. The van der Waals surface area contributed by atoms with Crippen LogP contribution < -0.4 is 5.32 Å². The zero-order valence-corrected chi connectivity index (χ0v) is 17.3. The molecule has 0 aliphatic carbocycles. The van der Waals surface area contributed by atoms with Gasteiger partial charge in [-0.25, -0.2) is 4.98 Å². The lowest BCUT2D eigenvalue weighted by atomic mass is 10.1. The number of amides is 1. The number of hydrogen-bond donors (Lipinski definition) is 1. The molecule has 3 aromatic carbocycles. The SMILES string of the molecule is CSCc1nc2ccccc2n1CC(=O)OCC(=O)Nc1ccc2ccccc2c1. The third-order valence-electron chi connectivity index (χ3n) is 4.69. The second kappa shape index (κ2) is 9.00. The summed E-state index contributed by atoms with van der Waals surface area (Å²) in [5.41, 5.74) is 2.38. The predicted octanol–water partition coefficient (Wildman–Crippen LogP) is 4.23. The Balaban J connectivity index is 1.38. The van der Waals surface area contributed by atoms with Gasteiger partial charge in [-0.1, -0.05) is 42.5 Å². The number of ether oxygens (including phenoxy) is 1. The lowest BCUT2D eigenvalue weighted by Crippen LogP contribution is -2.23. The number of esters is 1. The van der Waals surface area contributed by atoms with Crippen LogP contribution in [0.5, 0.6) is 0 Å². The molecule has 0 bridgehead atoms. The van der Waals surface area contributed by atoms with Crippen LogP contribution in [-0.4, -0.2) is 34.3 Å². The highest BCUT2D eigenvalue weighted by atomic mass is 32.2. The van der Waals surface area contributed by atoms with Crippen LogP contribution in [0.3, 0.4) is 0 Å². The lowest BCUT2D eigenvalue weighted by molar-refractivity contribution is -0.147. The fraction of sp³-hybridized carbons (Fsp3) is 0.174. The van der Waals surface area contributed by atoms with Crippen LogP contribution in [0.1, 0.15) is 5.82 Å². The Kier molecular flexibility index (Phi) is 5.99. The summed E-state index contributed by atoms with van der Waals surface area (Å²) >= 11 is 1.63. The van der Waals surface area contributed by atoms with Crippen LogP contribution in [-0.2, 0) is 26.6 Å². The molecule has 0 radical (unpaired) electrons. The van der Waals surface area contributed by atoms with Crippen molar-refractivity contribution in [2.24, 2.45) is 0 Å². The molecule has 7 heteroatoms. The van der Waals surface area contributed by atoms with Crippen LogP contribution in [0.25, 0.3) is 21.8 Å². The van der Waals surface area contributed by atoms with E-state index >= 15 is 0 Å². The Morgan fingerprint density at radius 3 is 2.63 bits per heavy atom. The molecule has 152 valence electrons. The molecular weight excluding hydrogens is 398 g/mol. The molecule has 4 aromatic rings. The number of rotatable bonds is 7. The fourth-order valence-corrected chi connectivity index (χ4v) is 3.80. The van der Waals surface area contributed by atoms with Gasteiger partial charge in [0, 0.05) is 5.69 Å². The normalized spacial score (nSPS) is 11.0. The van der Waals surface area contributed by atoms with Crippen molar-refractivity contribution >= 4 is 51.1 Å². The molecule has 6 nitrogen and oxygen atoms in total. The number of benzene rings is 3. The molecule has 4 rings (SSSR count). The Bertz CT molecular complexity index is 1220. The average Bonchev–Trinajstić information content (AvgIpc) is 3.09. The van der Waals surface area contributed by atoms with E-state index in [1.165, 1.54) is 0 Å². The summed E-state index contributed by atoms with van der Waals surface area (Å²) in [6, 6.07) is 21.2. The van der Waals surface area contributed by atoms with Gasteiger partial charge in [0.2, 0.25) is 0 Å². The van der Waals surface area contributed by atoms with E-state index in [0.717, 1.165) is 27.6 Å². The van der Waals surface area contributed by atoms with E-state index in [2.05, 4.69) is 10.3 Å². The molecule has 0 aliphatic rings. The Morgan fingerprint density at radius 1 is 1.03 bits per heavy atom. The number of hydrogen-bond acceptors (Lipinski definition) is 5. The minimum atomic E-state index is -0.478. The molecule has 0 atom stereocenters. The first-order valence-electron chi connectivity index (χ1n) is 9.51. The molecule has 1 aromatic heterocycles. The van der Waals surface area contributed by atoms with E-state index < -0.39 is 5.97 Å². The minimum Gasteiger partial charge on any atom is -0.454 e. The summed E-state index contributed by atoms with van der Waals surface area (Å²) in [7, 11) is 0. The number of para-hydroxylation sites is 2. The van der Waals surface area contributed by atoms with Gasteiger partial charge in [0.25, 0.3) is 5.91 Å². The van der Waals surface area contributed by atoms with Gasteiger partial charge in [0.05, 0.1) is 16.8 Å². The zero-order valence-electron chi connectivity index (χ0n) is 16.5. The van der Waals surface area contributed by atoms with Crippen LogP contribution in [0, 0.1) is 0 Å².